The van der Waals surface area contributed by atoms with Crippen LogP contribution in [0.25, 0.3) is 0 Å². The van der Waals surface area contributed by atoms with E-state index >= 15 is 0 Å². The maximum atomic E-state index is 13.6. The standard InChI is InChI=1S/C36H54N8O9/c1-3-5-21-52-43-29-13-11-25(35(43)49)31(45)39-19-9-17-37-15-7-8-16-38-18-10-20-40-32(46)26-12-14-30(44(36(26)50)53-22-6-4-2)34(48)42-28-24-51-23-27(28)41-33(29)47/h11-14,27-28,37-38H,3-10,15-24H2,1-2H3,(H,39,45)(H,40,46)(H,41,47)(H,42,48)/t27-,28+. The zero-order valence-corrected chi connectivity index (χ0v) is 30.8. The van der Waals surface area contributed by atoms with Gasteiger partial charge in [-0.25, -0.2) is 0 Å². The molecule has 6 rings (SSSR count). The van der Waals surface area contributed by atoms with Crippen molar-refractivity contribution in [2.75, 3.05) is 65.7 Å². The van der Waals surface area contributed by atoms with Crippen molar-refractivity contribution in [1.82, 2.24) is 41.4 Å². The smallest absolute Gasteiger partial charge is 0.296 e. The molecule has 292 valence electrons. The van der Waals surface area contributed by atoms with E-state index in [2.05, 4.69) is 31.9 Å². The summed E-state index contributed by atoms with van der Waals surface area (Å²) in [4.78, 5) is 91.6. The molecule has 1 saturated heterocycles. The summed E-state index contributed by atoms with van der Waals surface area (Å²) < 4.78 is 7.27. The predicted octanol–water partition coefficient (Wildman–Crippen LogP) is -0.393. The monoisotopic (exact) mass is 742 g/mol. The summed E-state index contributed by atoms with van der Waals surface area (Å²) in [5.74, 6) is -2.51. The van der Waals surface area contributed by atoms with Crippen molar-refractivity contribution >= 4 is 23.6 Å². The van der Waals surface area contributed by atoms with Crippen molar-refractivity contribution in [3.05, 3.63) is 67.5 Å². The third-order valence-corrected chi connectivity index (χ3v) is 8.78. The zero-order valence-electron chi connectivity index (χ0n) is 30.8. The Morgan fingerprint density at radius 3 is 1.42 bits per heavy atom. The molecule has 0 aromatic carbocycles. The molecule has 0 spiro atoms. The molecule has 2 aromatic rings. The predicted molar refractivity (Wildman–Crippen MR) is 196 cm³/mol. The summed E-state index contributed by atoms with van der Waals surface area (Å²) in [6.45, 7) is 7.94. The molecule has 0 saturated carbocycles. The van der Waals surface area contributed by atoms with E-state index in [1.165, 1.54) is 24.3 Å². The lowest BCUT2D eigenvalue weighted by molar-refractivity contribution is 0.0716. The Morgan fingerprint density at radius 1 is 0.585 bits per heavy atom. The summed E-state index contributed by atoms with van der Waals surface area (Å²) in [5.41, 5.74) is -2.14. The lowest BCUT2D eigenvalue weighted by atomic mass is 10.1. The number of nitrogens with one attached hydrogen (secondary N) is 6. The number of ether oxygens (including phenoxy) is 1. The van der Waals surface area contributed by atoms with E-state index in [0.717, 1.165) is 48.2 Å². The second kappa shape index (κ2) is 21.7. The highest BCUT2D eigenvalue weighted by atomic mass is 16.7. The van der Waals surface area contributed by atoms with Crippen LogP contribution in [0.15, 0.2) is 33.9 Å². The van der Waals surface area contributed by atoms with Crippen LogP contribution in [0.1, 0.15) is 107 Å². The van der Waals surface area contributed by atoms with Gasteiger partial charge in [0.05, 0.1) is 25.3 Å². The molecule has 0 aliphatic carbocycles. The molecule has 4 amide bonds. The number of carbonyl (C=O) groups is 4. The molecule has 4 aliphatic rings. The first-order chi connectivity index (χ1) is 25.8. The van der Waals surface area contributed by atoms with Gasteiger partial charge in [-0.05, 0) is 89.0 Å². The van der Waals surface area contributed by atoms with Gasteiger partial charge in [-0.2, -0.15) is 0 Å². The molecule has 17 heteroatoms. The maximum absolute atomic E-state index is 13.6. The van der Waals surface area contributed by atoms with Gasteiger partial charge >= 0.3 is 0 Å². The molecule has 4 bridgehead atoms. The fraction of sp³-hybridized carbons (Fsp3) is 0.611. The Hall–Kier alpha value is -4.74. The van der Waals surface area contributed by atoms with Gasteiger partial charge in [0, 0.05) is 13.1 Å². The van der Waals surface area contributed by atoms with Crippen LogP contribution in [0.5, 0.6) is 0 Å². The Balaban J connectivity index is 1.59. The Kier molecular flexibility index (Phi) is 16.8. The summed E-state index contributed by atoms with van der Waals surface area (Å²) in [7, 11) is 0. The van der Waals surface area contributed by atoms with Crippen LogP contribution in [0.4, 0.5) is 0 Å². The average molecular weight is 743 g/mol. The van der Waals surface area contributed by atoms with Gasteiger partial charge in [-0.1, -0.05) is 26.7 Å². The molecule has 6 N–H and O–H groups in total. The number of hydrogen-bond acceptors (Lipinski definition) is 11. The lowest BCUT2D eigenvalue weighted by Crippen LogP contribution is -2.52. The minimum atomic E-state index is -0.775. The maximum Gasteiger partial charge on any atom is 0.296 e. The summed E-state index contributed by atoms with van der Waals surface area (Å²) >= 11 is 0. The third-order valence-electron chi connectivity index (χ3n) is 8.78. The first-order valence-electron chi connectivity index (χ1n) is 18.7. The van der Waals surface area contributed by atoms with E-state index in [4.69, 9.17) is 14.4 Å². The first kappa shape index (κ1) is 41.0. The molecule has 6 heterocycles. The highest BCUT2D eigenvalue weighted by molar-refractivity contribution is 5.97. The first-order valence-corrected chi connectivity index (χ1v) is 18.7. The van der Waals surface area contributed by atoms with Crippen LogP contribution in [0, 0.1) is 0 Å². The molecular formula is C36H54N8O9. The highest BCUT2D eigenvalue weighted by Gasteiger charge is 2.33. The van der Waals surface area contributed by atoms with E-state index in [1.807, 2.05) is 13.8 Å². The number of amides is 4. The minimum absolute atomic E-state index is 0.0430. The van der Waals surface area contributed by atoms with Gasteiger partial charge < -0.3 is 46.3 Å². The Morgan fingerprint density at radius 2 is 1.00 bits per heavy atom. The topological polar surface area (TPSA) is 212 Å². The summed E-state index contributed by atoms with van der Waals surface area (Å²) in [6, 6.07) is 3.82. The van der Waals surface area contributed by atoms with Gasteiger partial charge in [0.25, 0.3) is 34.7 Å². The normalized spacial score (nSPS) is 20.1. The number of pyridine rings is 2. The van der Waals surface area contributed by atoms with E-state index in [0.29, 0.717) is 51.9 Å². The molecule has 0 radical (unpaired) electrons. The van der Waals surface area contributed by atoms with Crippen molar-refractivity contribution in [3.8, 4) is 0 Å². The zero-order chi connectivity index (χ0) is 38.0. The average Bonchev–Trinajstić information content (AvgIpc) is 3.57. The molecule has 17 nitrogen and oxygen atoms in total. The van der Waals surface area contributed by atoms with Crippen LogP contribution in [-0.4, -0.2) is 111 Å². The minimum Gasteiger partial charge on any atom is -0.410 e. The Bertz CT molecular complexity index is 1540. The number of fused-ring (bicyclic) bond motifs is 2. The van der Waals surface area contributed by atoms with Crippen LogP contribution < -0.4 is 52.7 Å². The summed E-state index contributed by atoms with van der Waals surface area (Å²) in [5, 5.41) is 17.9. The van der Waals surface area contributed by atoms with Crippen molar-refractivity contribution in [2.45, 2.75) is 77.3 Å². The van der Waals surface area contributed by atoms with Crippen LogP contribution in [0.2, 0.25) is 0 Å². The van der Waals surface area contributed by atoms with Gasteiger partial charge in [-0.15, -0.1) is 9.46 Å². The second-order valence-electron chi connectivity index (χ2n) is 13.0. The van der Waals surface area contributed by atoms with Crippen LogP contribution in [-0.2, 0) is 4.74 Å². The molecular weight excluding hydrogens is 688 g/mol. The van der Waals surface area contributed by atoms with Crippen molar-refractivity contribution in [2.24, 2.45) is 0 Å². The van der Waals surface area contributed by atoms with Crippen LogP contribution >= 0.6 is 0 Å². The molecule has 1 fully saturated rings. The SMILES string of the molecule is CCCCOn1c2ccc(c1=O)C(=O)NCCCNCCCCNCCCNC(=O)c1ccc(n(OCCCC)c1=O)C(=O)N[C@@H]1COC[C@@H]1NC2=O. The van der Waals surface area contributed by atoms with E-state index in [9.17, 15) is 28.8 Å². The van der Waals surface area contributed by atoms with Gasteiger partial charge in [0.1, 0.15) is 35.7 Å². The molecule has 4 aliphatic heterocycles. The molecule has 2 aromatic heterocycles. The number of unbranched alkanes of at least 4 members (excludes halogenated alkanes) is 2. The highest BCUT2D eigenvalue weighted by Crippen LogP contribution is 2.10. The van der Waals surface area contributed by atoms with Crippen molar-refractivity contribution < 1.29 is 33.6 Å². The number of nitrogens with zero attached hydrogens (tertiary/aromatic N) is 2. The molecule has 0 unspecified atom stereocenters. The second-order valence-corrected chi connectivity index (χ2v) is 13.0. The lowest BCUT2D eigenvalue weighted by Gasteiger charge is -2.22. The number of rotatable bonds is 8. The van der Waals surface area contributed by atoms with E-state index in [-0.39, 0.29) is 48.9 Å². The van der Waals surface area contributed by atoms with Gasteiger partial charge in [0.15, 0.2) is 0 Å². The number of carbonyl (C=O) groups excluding carboxylic acids is 4. The van der Waals surface area contributed by atoms with Crippen molar-refractivity contribution in [3.63, 3.8) is 0 Å². The molecule has 2 atom stereocenters. The fourth-order valence-corrected chi connectivity index (χ4v) is 5.67. The van der Waals surface area contributed by atoms with E-state index < -0.39 is 46.8 Å². The van der Waals surface area contributed by atoms with E-state index in [1.54, 1.807) is 0 Å². The fourth-order valence-electron chi connectivity index (χ4n) is 5.67. The largest absolute Gasteiger partial charge is 0.410 e. The van der Waals surface area contributed by atoms with Gasteiger partial charge in [0.2, 0.25) is 0 Å². The van der Waals surface area contributed by atoms with Crippen molar-refractivity contribution in [1.29, 1.82) is 0 Å². The summed E-state index contributed by atoms with van der Waals surface area (Å²) in [6.07, 6.45) is 5.97. The van der Waals surface area contributed by atoms with Gasteiger partial charge in [-0.3, -0.25) is 28.8 Å². The number of hydrogen-bond donors (Lipinski definition) is 6. The Labute approximate surface area is 308 Å². The quantitative estimate of drug-likeness (QED) is 0.192. The number of aromatic nitrogens is 2. The molecule has 53 heavy (non-hydrogen) atoms. The van der Waals surface area contributed by atoms with Crippen LogP contribution in [0.3, 0.4) is 0 Å². The third kappa shape index (κ3) is 11.9.